The fraction of sp³-hybridized carbons (Fsp3) is 1.00. The molecule has 0 bridgehead atoms. The quantitative estimate of drug-likeness (QED) is 0.672. The maximum atomic E-state index is 11.7. The predicted molar refractivity (Wildman–Crippen MR) is 46.0 cm³/mol. The summed E-state index contributed by atoms with van der Waals surface area (Å²) in [6, 6.07) is 0.292. The molecule has 0 fully saturated rings. The number of rotatable bonds is 3. The molecule has 6 heteroatoms. The Bertz CT molecular complexity index is 123. The molecule has 0 aliphatic carbocycles. The Morgan fingerprint density at radius 3 is 2.09 bits per heavy atom. The van der Waals surface area contributed by atoms with Crippen LogP contribution in [0.25, 0.3) is 0 Å². The second kappa shape index (κ2) is 3.73. The van der Waals surface area contributed by atoms with E-state index in [9.17, 15) is 13.2 Å². The molecule has 0 saturated carbocycles. The van der Waals surface area contributed by atoms with E-state index >= 15 is 0 Å². The van der Waals surface area contributed by atoms with Crippen molar-refractivity contribution in [3.63, 3.8) is 0 Å². The Hall–Kier alpha value is 0.184. The van der Waals surface area contributed by atoms with Crippen molar-refractivity contribution in [1.29, 1.82) is 0 Å². The van der Waals surface area contributed by atoms with Gasteiger partial charge in [0, 0.05) is 6.42 Å². The van der Waals surface area contributed by atoms with Crippen molar-refractivity contribution in [2.24, 2.45) is 0 Å². The van der Waals surface area contributed by atoms with Crippen LogP contribution < -0.4 is 4.65 Å². The van der Waals surface area contributed by atoms with Gasteiger partial charge in [0.15, 0.2) is 0 Å². The van der Waals surface area contributed by atoms with Gasteiger partial charge in [-0.05, 0) is 6.04 Å². The molecule has 0 unspecified atom stereocenters. The molecule has 0 radical (unpaired) electrons. The summed E-state index contributed by atoms with van der Waals surface area (Å²) in [7, 11) is -0.903. The first-order valence-electron chi connectivity index (χ1n) is 3.52. The number of nitrogens with one attached hydrogen (secondary N) is 1. The van der Waals surface area contributed by atoms with Gasteiger partial charge in [-0.25, -0.2) is 0 Å². The lowest BCUT2D eigenvalue weighted by Crippen LogP contribution is -2.43. The zero-order chi connectivity index (χ0) is 9.12. The molecule has 0 aromatic rings. The molecule has 0 aliphatic heterocycles. The third kappa shape index (κ3) is 6.58. The predicted octanol–water partition coefficient (Wildman–Crippen LogP) is 1.01. The molecule has 0 aromatic heterocycles. The summed E-state index contributed by atoms with van der Waals surface area (Å²) in [5, 5.41) is 0. The minimum atomic E-state index is -3.98. The van der Waals surface area contributed by atoms with E-state index in [0.29, 0.717) is 6.04 Å². The van der Waals surface area contributed by atoms with Gasteiger partial charge in [-0.2, -0.15) is 13.2 Å². The number of halogens is 3. The van der Waals surface area contributed by atoms with Crippen LogP contribution in [-0.4, -0.2) is 24.8 Å². The topological polar surface area (TPSA) is 12.0 Å². The fourth-order valence-corrected chi connectivity index (χ4v) is 2.49. The van der Waals surface area contributed by atoms with Crippen molar-refractivity contribution in [3.8, 4) is 0 Å². The largest absolute Gasteiger partial charge is 0.388 e. The highest BCUT2D eigenvalue weighted by Crippen LogP contribution is 2.24. The van der Waals surface area contributed by atoms with E-state index in [2.05, 4.69) is 4.65 Å². The fourth-order valence-electron chi connectivity index (χ4n) is 0.579. The van der Waals surface area contributed by atoms with Crippen molar-refractivity contribution >= 4 is 18.6 Å². The van der Waals surface area contributed by atoms with Crippen LogP contribution >= 0.6 is 0 Å². The molecule has 1 N–H and O–H groups in total. The van der Waals surface area contributed by atoms with E-state index in [1.54, 1.807) is 0 Å². The van der Waals surface area contributed by atoms with E-state index in [-0.39, 0.29) is 0 Å². The van der Waals surface area contributed by atoms with E-state index < -0.39 is 20.8 Å². The second-order valence-corrected chi connectivity index (χ2v) is 9.52. The zero-order valence-corrected chi connectivity index (χ0v) is 10.0. The Morgan fingerprint density at radius 1 is 1.36 bits per heavy atom. The number of hydrogen-bond donors (Lipinski definition) is 1. The molecule has 68 valence electrons. The van der Waals surface area contributed by atoms with Gasteiger partial charge in [-0.1, -0.05) is 13.1 Å². The molecule has 0 amide bonds. The van der Waals surface area contributed by atoms with Crippen LogP contribution in [0, 0.1) is 0 Å². The molecule has 0 rings (SSSR count). The average molecular weight is 201 g/mol. The van der Waals surface area contributed by atoms with E-state index in [1.165, 1.54) is 0 Å². The maximum Gasteiger partial charge on any atom is 0.388 e. The van der Waals surface area contributed by atoms with Gasteiger partial charge in [0.05, 0.1) is 10.4 Å². The molecule has 1 nitrogen and oxygen atoms in total. The summed E-state index contributed by atoms with van der Waals surface area (Å²) >= 11 is 0. The van der Waals surface area contributed by atoms with E-state index in [0.717, 1.165) is 10.4 Å². The molecule has 0 aliphatic rings. The highest BCUT2D eigenvalue weighted by molar-refractivity contribution is 6.78. The highest BCUT2D eigenvalue weighted by atomic mass is 28.4. The maximum absolute atomic E-state index is 11.7. The third-order valence-corrected chi connectivity index (χ3v) is 8.62. The first kappa shape index (κ1) is 11.2. The normalized spacial score (nSPS) is 13.9. The van der Waals surface area contributed by atoms with Crippen LogP contribution in [0.2, 0.25) is 19.1 Å². The number of hydrogen-bond acceptors (Lipinski definition) is 1. The van der Waals surface area contributed by atoms with Crippen molar-refractivity contribution in [1.82, 2.24) is 4.65 Å². The molecular weight excluding hydrogens is 187 g/mol. The van der Waals surface area contributed by atoms with Crippen molar-refractivity contribution in [3.05, 3.63) is 0 Å². The monoisotopic (exact) mass is 201 g/mol. The zero-order valence-electron chi connectivity index (χ0n) is 7.05. The van der Waals surface area contributed by atoms with Crippen LogP contribution in [0.15, 0.2) is 0 Å². The number of alkyl halides is 3. The summed E-state index contributed by atoms with van der Waals surface area (Å²) in [6.45, 7) is 3.84. The van der Waals surface area contributed by atoms with Gasteiger partial charge in [0.1, 0.15) is 8.24 Å². The molecule has 0 saturated heterocycles. The first-order chi connectivity index (χ1) is 4.77. The van der Waals surface area contributed by atoms with Crippen molar-refractivity contribution in [2.45, 2.75) is 31.7 Å². The summed E-state index contributed by atoms with van der Waals surface area (Å²) in [5.74, 6) is 0. The Balaban J connectivity index is 3.70. The Labute approximate surface area is 69.0 Å². The summed E-state index contributed by atoms with van der Waals surface area (Å²) in [6.07, 6.45) is -4.62. The van der Waals surface area contributed by atoms with Crippen molar-refractivity contribution < 1.29 is 13.2 Å². The molecule has 0 heterocycles. The standard InChI is InChI=1S/C5H14F3NSi2/c1-11(2,9-10)4-3-5(6,7)8/h9H,3-4H2,1-2,10H3. The molecule has 0 aromatic carbocycles. The third-order valence-electron chi connectivity index (χ3n) is 1.71. The van der Waals surface area contributed by atoms with Gasteiger partial charge in [0.2, 0.25) is 0 Å². The lowest BCUT2D eigenvalue weighted by atomic mass is 10.5. The van der Waals surface area contributed by atoms with Gasteiger partial charge < -0.3 is 4.65 Å². The highest BCUT2D eigenvalue weighted by Gasteiger charge is 2.31. The minimum Gasteiger partial charge on any atom is -0.367 e. The summed E-state index contributed by atoms with van der Waals surface area (Å²) in [4.78, 5) is 0. The van der Waals surface area contributed by atoms with E-state index in [4.69, 9.17) is 0 Å². The smallest absolute Gasteiger partial charge is 0.367 e. The van der Waals surface area contributed by atoms with Crippen LogP contribution in [0.1, 0.15) is 6.42 Å². The van der Waals surface area contributed by atoms with Gasteiger partial charge in [0.25, 0.3) is 0 Å². The van der Waals surface area contributed by atoms with Crippen LogP contribution in [0.4, 0.5) is 13.2 Å². The van der Waals surface area contributed by atoms with Crippen LogP contribution in [0.5, 0.6) is 0 Å². The summed E-state index contributed by atoms with van der Waals surface area (Å²) < 4.78 is 38.3. The van der Waals surface area contributed by atoms with Gasteiger partial charge in [-0.15, -0.1) is 0 Å². The lowest BCUT2D eigenvalue weighted by molar-refractivity contribution is -0.130. The van der Waals surface area contributed by atoms with Gasteiger partial charge in [-0.3, -0.25) is 0 Å². The van der Waals surface area contributed by atoms with Crippen molar-refractivity contribution in [2.75, 3.05) is 0 Å². The van der Waals surface area contributed by atoms with Crippen LogP contribution in [0.3, 0.4) is 0 Å². The average Bonchev–Trinajstić information content (AvgIpc) is 1.83. The Kier molecular flexibility index (Phi) is 3.79. The summed E-state index contributed by atoms with van der Waals surface area (Å²) in [5.41, 5.74) is 0. The molecule has 11 heavy (non-hydrogen) atoms. The molecule has 0 spiro atoms. The van der Waals surface area contributed by atoms with Gasteiger partial charge >= 0.3 is 6.18 Å². The lowest BCUT2D eigenvalue weighted by Gasteiger charge is -2.21. The molecule has 0 atom stereocenters. The minimum absolute atomic E-state index is 0.292. The Morgan fingerprint density at radius 2 is 1.82 bits per heavy atom. The van der Waals surface area contributed by atoms with E-state index in [1.807, 2.05) is 13.1 Å². The first-order valence-corrected chi connectivity index (χ1v) is 7.73. The molecular formula is C5H14F3NSi2. The second-order valence-electron chi connectivity index (χ2n) is 3.25. The SMILES string of the molecule is C[Si](C)(CCC(F)(F)F)N[SiH3]. The van der Waals surface area contributed by atoms with Crippen LogP contribution in [-0.2, 0) is 0 Å².